The first kappa shape index (κ1) is 16.3. The van der Waals surface area contributed by atoms with Crippen LogP contribution in [0.4, 0.5) is 0 Å². The molecule has 1 aromatic heterocycles. The number of nitrogens with one attached hydrogen (secondary N) is 1. The molecule has 1 amide bonds. The lowest BCUT2D eigenvalue weighted by molar-refractivity contribution is -0.146. The molecule has 4 aliphatic carbocycles. The Morgan fingerprint density at radius 3 is 2.50 bits per heavy atom. The van der Waals surface area contributed by atoms with Crippen LogP contribution in [0.3, 0.4) is 0 Å². The Balaban J connectivity index is 1.19. The van der Waals surface area contributed by atoms with Gasteiger partial charge in [-0.05, 0) is 81.8 Å². The van der Waals surface area contributed by atoms with E-state index in [0.29, 0.717) is 5.91 Å². The van der Waals surface area contributed by atoms with Crippen molar-refractivity contribution in [1.29, 1.82) is 0 Å². The van der Waals surface area contributed by atoms with E-state index in [1.54, 1.807) is 0 Å². The van der Waals surface area contributed by atoms with Gasteiger partial charge in [0.05, 0.1) is 11.0 Å². The molecule has 1 heterocycles. The van der Waals surface area contributed by atoms with Gasteiger partial charge in [0.25, 0.3) is 0 Å². The maximum Gasteiger partial charge on any atom is 0.226 e. The molecule has 1 aromatic carbocycles. The number of hydrogen-bond acceptors (Lipinski definition) is 2. The quantitative estimate of drug-likeness (QED) is 0.826. The number of amides is 1. The first-order valence-electron chi connectivity index (χ1n) is 10.3. The van der Waals surface area contributed by atoms with Gasteiger partial charge in [-0.3, -0.25) is 4.79 Å². The first-order chi connectivity index (χ1) is 12.6. The smallest absolute Gasteiger partial charge is 0.226 e. The number of nitrogens with zero attached hydrogens (tertiary/aromatic N) is 2. The van der Waals surface area contributed by atoms with E-state index in [9.17, 15) is 4.79 Å². The summed E-state index contributed by atoms with van der Waals surface area (Å²) in [6.45, 7) is 3.74. The summed E-state index contributed by atoms with van der Waals surface area (Å²) in [6.07, 6.45) is 8.57. The molecule has 0 aliphatic heterocycles. The molecule has 4 aliphatic rings. The van der Waals surface area contributed by atoms with E-state index in [1.807, 2.05) is 6.07 Å². The van der Waals surface area contributed by atoms with Crippen LogP contribution in [-0.4, -0.2) is 22.0 Å². The third-order valence-corrected chi connectivity index (χ3v) is 7.21. The number of aromatic nitrogens is 2. The predicted octanol–water partition coefficient (Wildman–Crippen LogP) is 4.07. The summed E-state index contributed by atoms with van der Waals surface area (Å²) in [7, 11) is 0. The minimum atomic E-state index is -0.0215. The Labute approximate surface area is 155 Å². The lowest BCUT2D eigenvalue weighted by atomic mass is 9.49. The van der Waals surface area contributed by atoms with Crippen LogP contribution in [0, 0.1) is 30.1 Å². The molecule has 138 valence electrons. The summed E-state index contributed by atoms with van der Waals surface area (Å²) in [5, 5.41) is 3.30. The number of para-hydroxylation sites is 2. The van der Waals surface area contributed by atoms with Crippen molar-refractivity contribution in [3.05, 3.63) is 30.1 Å². The zero-order valence-electron chi connectivity index (χ0n) is 15.7. The number of hydrogen-bond donors (Lipinski definition) is 1. The average Bonchev–Trinajstić information content (AvgIpc) is 2.92. The van der Waals surface area contributed by atoms with E-state index in [2.05, 4.69) is 40.0 Å². The number of rotatable bonds is 5. The van der Waals surface area contributed by atoms with Gasteiger partial charge < -0.3 is 9.88 Å². The molecule has 26 heavy (non-hydrogen) atoms. The lowest BCUT2D eigenvalue weighted by Gasteiger charge is -2.55. The number of carbonyl (C=O) groups excluding carboxylic acids is 1. The van der Waals surface area contributed by atoms with Crippen LogP contribution in [0.2, 0.25) is 0 Å². The Bertz CT molecular complexity index is 802. The Hall–Kier alpha value is -1.84. The highest BCUT2D eigenvalue weighted by atomic mass is 16.2. The van der Waals surface area contributed by atoms with Gasteiger partial charge in [0.15, 0.2) is 0 Å². The third kappa shape index (κ3) is 2.65. The summed E-state index contributed by atoms with van der Waals surface area (Å²) in [6, 6.07) is 8.29. The van der Waals surface area contributed by atoms with Gasteiger partial charge in [-0.2, -0.15) is 0 Å². The highest BCUT2D eigenvalue weighted by Gasteiger charge is 2.54. The maximum atomic E-state index is 13.0. The molecule has 6 rings (SSSR count). The molecular weight excluding hydrogens is 322 g/mol. The fourth-order valence-corrected chi connectivity index (χ4v) is 6.49. The van der Waals surface area contributed by atoms with Gasteiger partial charge in [-0.15, -0.1) is 0 Å². The number of imidazole rings is 1. The molecule has 1 N–H and O–H groups in total. The van der Waals surface area contributed by atoms with Crippen LogP contribution in [-0.2, 0) is 11.3 Å². The Morgan fingerprint density at radius 1 is 1.15 bits per heavy atom. The molecule has 4 saturated carbocycles. The van der Waals surface area contributed by atoms with E-state index in [4.69, 9.17) is 0 Å². The molecule has 0 atom stereocenters. The lowest BCUT2D eigenvalue weighted by Crippen LogP contribution is -2.53. The van der Waals surface area contributed by atoms with Crippen molar-refractivity contribution in [3.8, 4) is 0 Å². The molecule has 0 spiro atoms. The Kier molecular flexibility index (Phi) is 3.84. The fourth-order valence-electron chi connectivity index (χ4n) is 6.49. The van der Waals surface area contributed by atoms with E-state index in [-0.39, 0.29) is 5.41 Å². The van der Waals surface area contributed by atoms with Crippen LogP contribution in [0.15, 0.2) is 24.3 Å². The van der Waals surface area contributed by atoms with Gasteiger partial charge >= 0.3 is 0 Å². The largest absolute Gasteiger partial charge is 0.356 e. The molecular formula is C22H29N3O. The van der Waals surface area contributed by atoms with Gasteiger partial charge in [0, 0.05) is 18.5 Å². The molecule has 0 saturated heterocycles. The predicted molar refractivity (Wildman–Crippen MR) is 103 cm³/mol. The second-order valence-corrected chi connectivity index (χ2v) is 9.11. The zero-order chi connectivity index (χ0) is 17.7. The van der Waals surface area contributed by atoms with Gasteiger partial charge in [0.1, 0.15) is 5.82 Å². The van der Waals surface area contributed by atoms with Gasteiger partial charge in [-0.1, -0.05) is 12.1 Å². The van der Waals surface area contributed by atoms with Crippen molar-refractivity contribution in [2.45, 2.75) is 58.4 Å². The molecule has 4 fully saturated rings. The van der Waals surface area contributed by atoms with Crippen molar-refractivity contribution >= 4 is 16.9 Å². The van der Waals surface area contributed by atoms with Crippen LogP contribution in [0.5, 0.6) is 0 Å². The van der Waals surface area contributed by atoms with Crippen LogP contribution in [0.25, 0.3) is 11.0 Å². The van der Waals surface area contributed by atoms with Gasteiger partial charge in [-0.25, -0.2) is 4.98 Å². The zero-order valence-corrected chi connectivity index (χ0v) is 15.7. The minimum Gasteiger partial charge on any atom is -0.356 e. The Morgan fingerprint density at radius 2 is 1.81 bits per heavy atom. The number of carbonyl (C=O) groups is 1. The molecule has 4 heteroatoms. The van der Waals surface area contributed by atoms with Crippen LogP contribution >= 0.6 is 0 Å². The van der Waals surface area contributed by atoms with Gasteiger partial charge in [0.2, 0.25) is 5.91 Å². The van der Waals surface area contributed by atoms with Crippen LogP contribution < -0.4 is 5.32 Å². The van der Waals surface area contributed by atoms with Crippen molar-refractivity contribution < 1.29 is 4.79 Å². The number of fused-ring (bicyclic) bond motifs is 1. The monoisotopic (exact) mass is 351 g/mol. The summed E-state index contributed by atoms with van der Waals surface area (Å²) in [5.41, 5.74) is 2.23. The average molecular weight is 351 g/mol. The molecule has 4 nitrogen and oxygen atoms in total. The molecule has 4 bridgehead atoms. The summed E-state index contributed by atoms with van der Waals surface area (Å²) in [4.78, 5) is 17.6. The van der Waals surface area contributed by atoms with E-state index in [1.165, 1.54) is 24.8 Å². The standard InChI is InChI=1S/C22H29N3O/c1-15-24-19-5-2-3-6-20(19)25(15)8-4-7-23-21(26)22-12-16-9-17(13-22)11-18(10-16)14-22/h2-3,5-6,16-18H,4,7-14H2,1H3,(H,23,26). The number of aryl methyl sites for hydroxylation is 2. The topological polar surface area (TPSA) is 46.9 Å². The normalized spacial score (nSPS) is 32.3. The second kappa shape index (κ2) is 6.11. The second-order valence-electron chi connectivity index (χ2n) is 9.11. The molecule has 2 aromatic rings. The number of benzene rings is 1. The van der Waals surface area contributed by atoms with E-state index >= 15 is 0 Å². The van der Waals surface area contributed by atoms with E-state index in [0.717, 1.165) is 67.9 Å². The summed E-state index contributed by atoms with van der Waals surface area (Å²) >= 11 is 0. The van der Waals surface area contributed by atoms with Crippen molar-refractivity contribution in [2.75, 3.05) is 6.54 Å². The fraction of sp³-hybridized carbons (Fsp3) is 0.636. The minimum absolute atomic E-state index is 0.0215. The van der Waals surface area contributed by atoms with Crippen LogP contribution in [0.1, 0.15) is 50.8 Å². The maximum absolute atomic E-state index is 13.0. The highest BCUT2D eigenvalue weighted by Crippen LogP contribution is 2.60. The third-order valence-electron chi connectivity index (χ3n) is 7.21. The summed E-state index contributed by atoms with van der Waals surface area (Å²) in [5.74, 6) is 3.88. The molecule has 0 unspecified atom stereocenters. The van der Waals surface area contributed by atoms with Crippen molar-refractivity contribution in [1.82, 2.24) is 14.9 Å². The molecule has 0 radical (unpaired) electrons. The highest BCUT2D eigenvalue weighted by molar-refractivity contribution is 5.83. The van der Waals surface area contributed by atoms with Crippen molar-refractivity contribution in [2.24, 2.45) is 23.2 Å². The summed E-state index contributed by atoms with van der Waals surface area (Å²) < 4.78 is 2.27. The van der Waals surface area contributed by atoms with Crippen molar-refractivity contribution in [3.63, 3.8) is 0 Å². The SMILES string of the molecule is Cc1nc2ccccc2n1CCCNC(=O)C12CC3CC(CC(C3)C1)C2. The van der Waals surface area contributed by atoms with E-state index < -0.39 is 0 Å². The first-order valence-corrected chi connectivity index (χ1v) is 10.3.